The summed E-state index contributed by atoms with van der Waals surface area (Å²) in [5.74, 6) is 1.52. The molecule has 0 unspecified atom stereocenters. The molecule has 5 heteroatoms. The molecule has 0 aliphatic rings. The van der Waals surface area contributed by atoms with E-state index in [1.54, 1.807) is 12.1 Å². The van der Waals surface area contributed by atoms with Gasteiger partial charge >= 0.3 is 0 Å². The first kappa shape index (κ1) is 12.6. The van der Waals surface area contributed by atoms with Crippen molar-refractivity contribution in [2.24, 2.45) is 0 Å². The molecule has 0 bridgehead atoms. The first-order chi connectivity index (χ1) is 8.62. The van der Waals surface area contributed by atoms with Gasteiger partial charge in [-0.05, 0) is 6.07 Å². The first-order valence-electron chi connectivity index (χ1n) is 5.23. The van der Waals surface area contributed by atoms with Crippen LogP contribution in [0.5, 0.6) is 23.0 Å². The van der Waals surface area contributed by atoms with Gasteiger partial charge in [-0.3, -0.25) is 0 Å². The van der Waals surface area contributed by atoms with Crippen molar-refractivity contribution in [3.63, 3.8) is 0 Å². The van der Waals surface area contributed by atoms with Crippen LogP contribution in [-0.4, -0.2) is 26.4 Å². The maximum Gasteiger partial charge on any atom is 0.145 e. The number of hydrogen-bond acceptors (Lipinski definition) is 4. The van der Waals surface area contributed by atoms with Gasteiger partial charge in [0.1, 0.15) is 23.0 Å². The van der Waals surface area contributed by atoms with E-state index in [9.17, 15) is 5.11 Å². The van der Waals surface area contributed by atoms with Crippen molar-refractivity contribution in [1.29, 1.82) is 0 Å². The molecule has 0 saturated heterocycles. The Morgan fingerprint density at radius 1 is 1.00 bits per heavy atom. The Morgan fingerprint density at radius 2 is 1.72 bits per heavy atom. The van der Waals surface area contributed by atoms with Gasteiger partial charge in [0.2, 0.25) is 0 Å². The van der Waals surface area contributed by atoms with E-state index in [-0.39, 0.29) is 5.75 Å². The van der Waals surface area contributed by atoms with Crippen molar-refractivity contribution in [2.45, 2.75) is 0 Å². The fraction of sp³-hybridized carbons (Fsp3) is 0.231. The van der Waals surface area contributed by atoms with E-state index in [1.165, 1.54) is 27.4 Å². The number of aromatic hydroxyl groups is 1. The largest absolute Gasteiger partial charge is 0.507 e. The normalized spacial score (nSPS) is 10.4. The molecule has 0 spiro atoms. The number of phenolic OH excluding ortho intramolecular Hbond substituents is 1. The van der Waals surface area contributed by atoms with Crippen LogP contribution in [0.25, 0.3) is 10.8 Å². The van der Waals surface area contributed by atoms with E-state index in [1.807, 2.05) is 0 Å². The highest BCUT2D eigenvalue weighted by Gasteiger charge is 2.16. The first-order valence-corrected chi connectivity index (χ1v) is 5.61. The van der Waals surface area contributed by atoms with Gasteiger partial charge in [0.05, 0.1) is 31.7 Å². The van der Waals surface area contributed by atoms with Crippen LogP contribution in [0.15, 0.2) is 18.2 Å². The van der Waals surface area contributed by atoms with Crippen LogP contribution < -0.4 is 14.2 Å². The molecule has 0 fully saturated rings. The zero-order chi connectivity index (χ0) is 13.3. The lowest BCUT2D eigenvalue weighted by atomic mass is 10.1. The summed E-state index contributed by atoms with van der Waals surface area (Å²) in [7, 11) is 4.56. The second-order valence-corrected chi connectivity index (χ2v) is 4.07. The second kappa shape index (κ2) is 4.82. The summed E-state index contributed by atoms with van der Waals surface area (Å²) in [5, 5.41) is 11.6. The molecular weight excluding hydrogens is 256 g/mol. The molecule has 0 radical (unpaired) electrons. The quantitative estimate of drug-likeness (QED) is 0.928. The third-order valence-electron chi connectivity index (χ3n) is 2.72. The molecule has 1 N–H and O–H groups in total. The molecule has 2 rings (SSSR count). The Bertz CT molecular complexity index is 595. The number of rotatable bonds is 3. The monoisotopic (exact) mass is 268 g/mol. The minimum absolute atomic E-state index is 0.0520. The van der Waals surface area contributed by atoms with Gasteiger partial charge in [-0.15, -0.1) is 0 Å². The Kier molecular flexibility index (Phi) is 3.39. The van der Waals surface area contributed by atoms with Crippen LogP contribution >= 0.6 is 11.6 Å². The summed E-state index contributed by atoms with van der Waals surface area (Å²) >= 11 is 6.11. The Morgan fingerprint density at radius 3 is 2.28 bits per heavy atom. The number of hydrogen-bond donors (Lipinski definition) is 1. The number of phenols is 1. The van der Waals surface area contributed by atoms with Gasteiger partial charge in [-0.25, -0.2) is 0 Å². The van der Waals surface area contributed by atoms with Gasteiger partial charge in [-0.1, -0.05) is 11.6 Å². The van der Waals surface area contributed by atoms with E-state index >= 15 is 0 Å². The number of halogens is 1. The van der Waals surface area contributed by atoms with Crippen molar-refractivity contribution in [1.82, 2.24) is 0 Å². The molecule has 0 aromatic heterocycles. The van der Waals surface area contributed by atoms with E-state index in [0.29, 0.717) is 33.0 Å². The van der Waals surface area contributed by atoms with E-state index in [2.05, 4.69) is 0 Å². The minimum atomic E-state index is 0.0520. The lowest BCUT2D eigenvalue weighted by molar-refractivity contribution is 0.400. The zero-order valence-corrected chi connectivity index (χ0v) is 11.0. The second-order valence-electron chi connectivity index (χ2n) is 3.66. The summed E-state index contributed by atoms with van der Waals surface area (Å²) in [4.78, 5) is 0. The van der Waals surface area contributed by atoms with Crippen molar-refractivity contribution >= 4 is 22.4 Å². The molecule has 2 aromatic carbocycles. The molecule has 0 atom stereocenters. The summed E-state index contributed by atoms with van der Waals surface area (Å²) in [5.41, 5.74) is 0. The maximum atomic E-state index is 10.0. The average molecular weight is 269 g/mol. The molecule has 18 heavy (non-hydrogen) atoms. The summed E-state index contributed by atoms with van der Waals surface area (Å²) in [6.07, 6.45) is 0. The molecule has 0 heterocycles. The summed E-state index contributed by atoms with van der Waals surface area (Å²) < 4.78 is 15.6. The van der Waals surface area contributed by atoms with Crippen LogP contribution in [0.3, 0.4) is 0 Å². The van der Waals surface area contributed by atoms with Gasteiger partial charge in [0, 0.05) is 17.5 Å². The van der Waals surface area contributed by atoms with E-state index in [0.717, 1.165) is 0 Å². The zero-order valence-electron chi connectivity index (χ0n) is 10.3. The number of ether oxygens (including phenoxy) is 3. The molecule has 0 aliphatic heterocycles. The Balaban J connectivity index is 2.92. The number of methoxy groups -OCH3 is 3. The molecule has 96 valence electrons. The van der Waals surface area contributed by atoms with Crippen molar-refractivity contribution < 1.29 is 19.3 Å². The molecule has 0 aliphatic carbocycles. The predicted molar refractivity (Wildman–Crippen MR) is 70.3 cm³/mol. The molecule has 0 amide bonds. The molecule has 0 saturated carbocycles. The highest BCUT2D eigenvalue weighted by Crippen LogP contribution is 2.45. The van der Waals surface area contributed by atoms with Crippen LogP contribution in [0, 0.1) is 0 Å². The summed E-state index contributed by atoms with van der Waals surface area (Å²) in [6.45, 7) is 0. The molecule has 2 aromatic rings. The van der Waals surface area contributed by atoms with Crippen LogP contribution in [0.2, 0.25) is 5.02 Å². The Labute approximate surface area is 110 Å². The highest BCUT2D eigenvalue weighted by molar-refractivity contribution is 6.33. The van der Waals surface area contributed by atoms with E-state index < -0.39 is 0 Å². The smallest absolute Gasteiger partial charge is 0.145 e. The van der Waals surface area contributed by atoms with Gasteiger partial charge in [0.25, 0.3) is 0 Å². The third kappa shape index (κ3) is 1.88. The molecule has 4 nitrogen and oxygen atoms in total. The van der Waals surface area contributed by atoms with Crippen LogP contribution in [0.1, 0.15) is 0 Å². The standard InChI is InChI=1S/C13H13ClO4/c1-16-7-4-8-12(10(15)5-7)11(17-2)6-9(14)13(8)18-3/h4-6,15H,1-3H3. The van der Waals surface area contributed by atoms with Crippen molar-refractivity contribution in [3.05, 3.63) is 23.2 Å². The maximum absolute atomic E-state index is 10.0. The highest BCUT2D eigenvalue weighted by atomic mass is 35.5. The Hall–Kier alpha value is -1.81. The lowest BCUT2D eigenvalue weighted by Crippen LogP contribution is -1.92. The van der Waals surface area contributed by atoms with Crippen LogP contribution in [0.4, 0.5) is 0 Å². The number of benzene rings is 2. The predicted octanol–water partition coefficient (Wildman–Crippen LogP) is 3.22. The minimum Gasteiger partial charge on any atom is -0.507 e. The fourth-order valence-electron chi connectivity index (χ4n) is 1.91. The third-order valence-corrected chi connectivity index (χ3v) is 3.00. The lowest BCUT2D eigenvalue weighted by Gasteiger charge is -2.14. The SMILES string of the molecule is COc1cc(O)c2c(OC)cc(Cl)c(OC)c2c1. The fourth-order valence-corrected chi connectivity index (χ4v) is 2.18. The molecular formula is C13H13ClO4. The van der Waals surface area contributed by atoms with Crippen LogP contribution in [-0.2, 0) is 0 Å². The van der Waals surface area contributed by atoms with E-state index in [4.69, 9.17) is 25.8 Å². The van der Waals surface area contributed by atoms with Crippen molar-refractivity contribution in [3.8, 4) is 23.0 Å². The number of fused-ring (bicyclic) bond motifs is 1. The average Bonchev–Trinajstić information content (AvgIpc) is 2.37. The van der Waals surface area contributed by atoms with Gasteiger partial charge in [-0.2, -0.15) is 0 Å². The van der Waals surface area contributed by atoms with Gasteiger partial charge < -0.3 is 19.3 Å². The van der Waals surface area contributed by atoms with Crippen molar-refractivity contribution in [2.75, 3.05) is 21.3 Å². The van der Waals surface area contributed by atoms with Gasteiger partial charge in [0.15, 0.2) is 0 Å². The topological polar surface area (TPSA) is 47.9 Å². The summed E-state index contributed by atoms with van der Waals surface area (Å²) in [6, 6.07) is 4.86.